The summed E-state index contributed by atoms with van der Waals surface area (Å²) in [6, 6.07) is 16.2. The van der Waals surface area contributed by atoms with Gasteiger partial charge in [0.15, 0.2) is 0 Å². The second-order valence-corrected chi connectivity index (χ2v) is 4.93. The van der Waals surface area contributed by atoms with Crippen molar-refractivity contribution < 1.29 is 9.47 Å². The van der Waals surface area contributed by atoms with Gasteiger partial charge in [0.05, 0.1) is 13.7 Å². The van der Waals surface area contributed by atoms with E-state index < -0.39 is 0 Å². The molecule has 2 aromatic carbocycles. The molecule has 0 radical (unpaired) electrons. The highest BCUT2D eigenvalue weighted by Crippen LogP contribution is 2.18. The highest BCUT2D eigenvalue weighted by atomic mass is 16.5. The van der Waals surface area contributed by atoms with Gasteiger partial charge in [-0.1, -0.05) is 25.5 Å². The van der Waals surface area contributed by atoms with Gasteiger partial charge >= 0.3 is 0 Å². The van der Waals surface area contributed by atoms with Crippen LogP contribution in [0.25, 0.3) is 0 Å². The molecule has 3 heteroatoms. The van der Waals surface area contributed by atoms with Crippen LogP contribution in [0.1, 0.15) is 25.3 Å². The Bertz CT molecular complexity index is 537. The molecule has 0 saturated heterocycles. The first kappa shape index (κ1) is 15.2. The molecule has 0 aromatic heterocycles. The van der Waals surface area contributed by atoms with E-state index >= 15 is 0 Å². The van der Waals surface area contributed by atoms with Gasteiger partial charge in [0, 0.05) is 12.2 Å². The van der Waals surface area contributed by atoms with Gasteiger partial charge in [0.2, 0.25) is 0 Å². The van der Waals surface area contributed by atoms with E-state index in [4.69, 9.17) is 9.47 Å². The third-order valence-corrected chi connectivity index (χ3v) is 3.25. The van der Waals surface area contributed by atoms with Crippen molar-refractivity contribution in [1.82, 2.24) is 0 Å². The van der Waals surface area contributed by atoms with E-state index in [0.29, 0.717) is 0 Å². The SMILES string of the molecule is CCCCOc1cccc(CNc2ccc(OC)cc2)c1. The van der Waals surface area contributed by atoms with E-state index in [1.807, 2.05) is 36.4 Å². The van der Waals surface area contributed by atoms with Crippen LogP contribution in [-0.2, 0) is 6.54 Å². The molecule has 0 heterocycles. The van der Waals surface area contributed by atoms with Crippen molar-refractivity contribution in [2.45, 2.75) is 26.3 Å². The zero-order valence-corrected chi connectivity index (χ0v) is 12.8. The minimum Gasteiger partial charge on any atom is -0.497 e. The van der Waals surface area contributed by atoms with E-state index in [9.17, 15) is 0 Å². The highest BCUT2D eigenvalue weighted by Gasteiger charge is 1.98. The molecule has 0 aliphatic carbocycles. The Hall–Kier alpha value is -2.16. The molecule has 0 fully saturated rings. The largest absolute Gasteiger partial charge is 0.497 e. The maximum atomic E-state index is 5.73. The molecule has 0 bridgehead atoms. The molecule has 1 N–H and O–H groups in total. The number of hydrogen-bond acceptors (Lipinski definition) is 3. The minimum atomic E-state index is 0.775. The van der Waals surface area contributed by atoms with Gasteiger partial charge in [0.1, 0.15) is 11.5 Å². The third-order valence-electron chi connectivity index (χ3n) is 3.25. The van der Waals surface area contributed by atoms with Gasteiger partial charge in [0.25, 0.3) is 0 Å². The summed E-state index contributed by atoms with van der Waals surface area (Å²) < 4.78 is 10.9. The Labute approximate surface area is 126 Å². The smallest absolute Gasteiger partial charge is 0.119 e. The molecule has 3 nitrogen and oxygen atoms in total. The van der Waals surface area contributed by atoms with E-state index in [-0.39, 0.29) is 0 Å². The molecule has 0 saturated carbocycles. The first-order valence-corrected chi connectivity index (χ1v) is 7.41. The van der Waals surface area contributed by atoms with Crippen LogP contribution in [0.2, 0.25) is 0 Å². The Morgan fingerprint density at radius 3 is 2.52 bits per heavy atom. The molecule has 2 rings (SSSR count). The molecular formula is C18H23NO2. The summed E-state index contributed by atoms with van der Waals surface area (Å²) in [5.74, 6) is 1.81. The first-order chi connectivity index (χ1) is 10.3. The van der Waals surface area contributed by atoms with Gasteiger partial charge in [-0.05, 0) is 48.4 Å². The highest BCUT2D eigenvalue weighted by molar-refractivity contribution is 5.47. The van der Waals surface area contributed by atoms with E-state index in [2.05, 4.69) is 24.4 Å². The molecule has 0 unspecified atom stereocenters. The van der Waals surface area contributed by atoms with E-state index in [0.717, 1.165) is 43.2 Å². The van der Waals surface area contributed by atoms with Crippen LogP contribution in [0.15, 0.2) is 48.5 Å². The first-order valence-electron chi connectivity index (χ1n) is 7.41. The Morgan fingerprint density at radius 1 is 1.00 bits per heavy atom. The fourth-order valence-corrected chi connectivity index (χ4v) is 1.99. The van der Waals surface area contributed by atoms with Crippen molar-refractivity contribution >= 4 is 5.69 Å². The lowest BCUT2D eigenvalue weighted by molar-refractivity contribution is 0.309. The number of nitrogens with one attached hydrogen (secondary N) is 1. The molecular weight excluding hydrogens is 262 g/mol. The third kappa shape index (κ3) is 5.03. The second-order valence-electron chi connectivity index (χ2n) is 4.93. The zero-order valence-electron chi connectivity index (χ0n) is 12.8. The molecule has 0 aliphatic heterocycles. The summed E-state index contributed by atoms with van der Waals surface area (Å²) in [6.07, 6.45) is 2.24. The van der Waals surface area contributed by atoms with Crippen molar-refractivity contribution in [3.63, 3.8) is 0 Å². The Kier molecular flexibility index (Phi) is 5.95. The minimum absolute atomic E-state index is 0.775. The predicted octanol–water partition coefficient (Wildman–Crippen LogP) is 4.49. The summed E-state index contributed by atoms with van der Waals surface area (Å²) in [7, 11) is 1.67. The van der Waals surface area contributed by atoms with Gasteiger partial charge in [-0.15, -0.1) is 0 Å². The van der Waals surface area contributed by atoms with Crippen LogP contribution in [0.3, 0.4) is 0 Å². The van der Waals surface area contributed by atoms with Crippen molar-refractivity contribution in [3.8, 4) is 11.5 Å². The molecule has 0 aliphatic rings. The number of rotatable bonds is 8. The zero-order chi connectivity index (χ0) is 14.9. The van der Waals surface area contributed by atoms with Crippen molar-refractivity contribution in [2.75, 3.05) is 19.0 Å². The standard InChI is InChI=1S/C18H23NO2/c1-3-4-12-21-18-7-5-6-15(13-18)14-19-16-8-10-17(20-2)11-9-16/h5-11,13,19H,3-4,12,14H2,1-2H3. The lowest BCUT2D eigenvalue weighted by Crippen LogP contribution is -2.01. The van der Waals surface area contributed by atoms with Crippen LogP contribution in [0.5, 0.6) is 11.5 Å². The molecule has 2 aromatic rings. The average molecular weight is 285 g/mol. The maximum absolute atomic E-state index is 5.73. The lowest BCUT2D eigenvalue weighted by atomic mass is 10.2. The molecule has 112 valence electrons. The number of anilines is 1. The Balaban J connectivity index is 1.88. The Morgan fingerprint density at radius 2 is 1.81 bits per heavy atom. The van der Waals surface area contributed by atoms with Crippen LogP contribution in [0.4, 0.5) is 5.69 Å². The number of methoxy groups -OCH3 is 1. The van der Waals surface area contributed by atoms with Gasteiger partial charge < -0.3 is 14.8 Å². The average Bonchev–Trinajstić information content (AvgIpc) is 2.54. The molecule has 0 atom stereocenters. The normalized spacial score (nSPS) is 10.2. The topological polar surface area (TPSA) is 30.5 Å². The van der Waals surface area contributed by atoms with Crippen LogP contribution >= 0.6 is 0 Å². The number of hydrogen-bond donors (Lipinski definition) is 1. The van der Waals surface area contributed by atoms with Crippen molar-refractivity contribution in [2.24, 2.45) is 0 Å². The van der Waals surface area contributed by atoms with Crippen LogP contribution in [0, 0.1) is 0 Å². The van der Waals surface area contributed by atoms with Crippen LogP contribution < -0.4 is 14.8 Å². The van der Waals surface area contributed by atoms with Gasteiger partial charge in [-0.3, -0.25) is 0 Å². The molecule has 0 spiro atoms. The molecule has 21 heavy (non-hydrogen) atoms. The predicted molar refractivity (Wildman–Crippen MR) is 87.2 cm³/mol. The second kappa shape index (κ2) is 8.20. The summed E-state index contributed by atoms with van der Waals surface area (Å²) >= 11 is 0. The molecule has 0 amide bonds. The summed E-state index contributed by atoms with van der Waals surface area (Å²) in [5.41, 5.74) is 2.29. The summed E-state index contributed by atoms with van der Waals surface area (Å²) in [5, 5.41) is 3.40. The van der Waals surface area contributed by atoms with Crippen LogP contribution in [-0.4, -0.2) is 13.7 Å². The number of unbranched alkanes of at least 4 members (excludes halogenated alkanes) is 1. The van der Waals surface area contributed by atoms with E-state index in [1.54, 1.807) is 7.11 Å². The number of benzene rings is 2. The quantitative estimate of drug-likeness (QED) is 0.725. The number of ether oxygens (including phenoxy) is 2. The lowest BCUT2D eigenvalue weighted by Gasteiger charge is -2.10. The fraction of sp³-hybridized carbons (Fsp3) is 0.333. The summed E-state index contributed by atoms with van der Waals surface area (Å²) in [6.45, 7) is 3.72. The van der Waals surface area contributed by atoms with Gasteiger partial charge in [-0.2, -0.15) is 0 Å². The van der Waals surface area contributed by atoms with Gasteiger partial charge in [-0.25, -0.2) is 0 Å². The monoisotopic (exact) mass is 285 g/mol. The maximum Gasteiger partial charge on any atom is 0.119 e. The fourth-order valence-electron chi connectivity index (χ4n) is 1.99. The van der Waals surface area contributed by atoms with E-state index in [1.165, 1.54) is 5.56 Å². The summed E-state index contributed by atoms with van der Waals surface area (Å²) in [4.78, 5) is 0. The van der Waals surface area contributed by atoms with Crippen molar-refractivity contribution in [3.05, 3.63) is 54.1 Å². The van der Waals surface area contributed by atoms with Crippen molar-refractivity contribution in [1.29, 1.82) is 0 Å².